The van der Waals surface area contributed by atoms with Crippen molar-refractivity contribution in [3.05, 3.63) is 110 Å². The third-order valence-electron chi connectivity index (χ3n) is 6.32. The van der Waals surface area contributed by atoms with E-state index in [1.165, 1.54) is 26.1 Å². The monoisotopic (exact) mass is 539 g/mol. The van der Waals surface area contributed by atoms with Crippen molar-refractivity contribution in [2.75, 3.05) is 0 Å². The van der Waals surface area contributed by atoms with E-state index in [0.717, 1.165) is 18.2 Å². The van der Waals surface area contributed by atoms with E-state index in [4.69, 9.17) is 4.74 Å². The zero-order valence-electron chi connectivity index (χ0n) is 20.3. The van der Waals surface area contributed by atoms with Gasteiger partial charge in [-0.15, -0.1) is 0 Å². The summed E-state index contributed by atoms with van der Waals surface area (Å²) < 4.78 is 74.9. The van der Waals surface area contributed by atoms with E-state index in [1.54, 1.807) is 24.3 Å². The highest BCUT2D eigenvalue weighted by atomic mass is 19.4. The van der Waals surface area contributed by atoms with Crippen molar-refractivity contribution in [1.29, 1.82) is 0 Å². The van der Waals surface area contributed by atoms with Crippen molar-refractivity contribution < 1.29 is 26.7 Å². The summed E-state index contributed by atoms with van der Waals surface area (Å²) in [5.74, 6) is -2.81. The molecular weight excluding hydrogens is 521 g/mol. The normalized spacial score (nSPS) is 11.7. The van der Waals surface area contributed by atoms with Crippen molar-refractivity contribution in [2.45, 2.75) is 20.0 Å². The maximum absolute atomic E-state index is 14.2. The Hall–Kier alpha value is -4.80. The van der Waals surface area contributed by atoms with Crippen molar-refractivity contribution in [2.24, 2.45) is 0 Å². The van der Waals surface area contributed by atoms with Crippen LogP contribution >= 0.6 is 0 Å². The third kappa shape index (κ3) is 4.67. The summed E-state index contributed by atoms with van der Waals surface area (Å²) in [6, 6.07) is 10.8. The number of benzene rings is 2. The minimum absolute atomic E-state index is 0.0399. The fourth-order valence-corrected chi connectivity index (χ4v) is 4.40. The zero-order chi connectivity index (χ0) is 28.1. The number of nitrogens with zero attached hydrogens (tertiary/aromatic N) is 1. The van der Waals surface area contributed by atoms with Gasteiger partial charge in [0.05, 0.1) is 27.7 Å². The predicted octanol–water partition coefficient (Wildman–Crippen LogP) is 6.65. The Morgan fingerprint density at radius 1 is 0.949 bits per heavy atom. The molecule has 0 bridgehead atoms. The fraction of sp³-hybridized carbons (Fsp3) is 0.107. The highest BCUT2D eigenvalue weighted by molar-refractivity contribution is 5.95. The molecule has 0 aliphatic heterocycles. The number of nitrogens with one attached hydrogen (secondary N) is 2. The van der Waals surface area contributed by atoms with Gasteiger partial charge in [-0.05, 0) is 54.8 Å². The van der Waals surface area contributed by atoms with Crippen molar-refractivity contribution in [1.82, 2.24) is 15.0 Å². The number of ether oxygens (including phenoxy) is 1. The molecule has 2 N–H and O–H groups in total. The maximum Gasteiger partial charge on any atom is 0.418 e. The van der Waals surface area contributed by atoms with Crippen LogP contribution in [0, 0.1) is 25.5 Å². The van der Waals surface area contributed by atoms with Crippen molar-refractivity contribution in [3.8, 4) is 34.0 Å². The summed E-state index contributed by atoms with van der Waals surface area (Å²) in [6.07, 6.45) is -2.76. The van der Waals surface area contributed by atoms with Crippen LogP contribution in [-0.4, -0.2) is 15.0 Å². The lowest BCUT2D eigenvalue weighted by Gasteiger charge is -2.18. The standard InChI is InChI=1S/C28H18F5N3O3/c1-13-17(28(31,32)33)12-35-27(39-22-7-6-18(29)26(30)14(22)2)24(13)20-11-21(37)25-16(4-3-5-19(25)36-20)15-8-9-34-23(38)10-15/h3-12H,1-2H3,(H,34,38)(H,36,37). The lowest BCUT2D eigenvalue weighted by Crippen LogP contribution is -2.12. The first-order valence-corrected chi connectivity index (χ1v) is 11.5. The highest BCUT2D eigenvalue weighted by Crippen LogP contribution is 2.41. The van der Waals surface area contributed by atoms with E-state index >= 15 is 0 Å². The summed E-state index contributed by atoms with van der Waals surface area (Å²) in [5, 5.41) is 0.211. The number of pyridine rings is 3. The average molecular weight is 539 g/mol. The third-order valence-corrected chi connectivity index (χ3v) is 6.32. The molecule has 2 aromatic carbocycles. The van der Waals surface area contributed by atoms with Gasteiger partial charge in [-0.2, -0.15) is 13.2 Å². The lowest BCUT2D eigenvalue weighted by atomic mass is 9.98. The van der Waals surface area contributed by atoms with Gasteiger partial charge in [0.2, 0.25) is 11.4 Å². The second kappa shape index (κ2) is 9.50. The van der Waals surface area contributed by atoms with Crippen LogP contribution in [0.2, 0.25) is 0 Å². The molecule has 0 amide bonds. The predicted molar refractivity (Wildman–Crippen MR) is 135 cm³/mol. The molecule has 0 aliphatic carbocycles. The van der Waals surface area contributed by atoms with Crippen LogP contribution in [0.15, 0.2) is 70.5 Å². The van der Waals surface area contributed by atoms with Gasteiger partial charge in [-0.3, -0.25) is 9.59 Å². The molecule has 0 atom stereocenters. The molecule has 0 saturated carbocycles. The smallest absolute Gasteiger partial charge is 0.418 e. The highest BCUT2D eigenvalue weighted by Gasteiger charge is 2.35. The van der Waals surface area contributed by atoms with Gasteiger partial charge < -0.3 is 14.7 Å². The fourth-order valence-electron chi connectivity index (χ4n) is 4.40. The van der Waals surface area contributed by atoms with Gasteiger partial charge >= 0.3 is 6.18 Å². The number of rotatable bonds is 4. The minimum Gasteiger partial charge on any atom is -0.438 e. The second-order valence-corrected chi connectivity index (χ2v) is 8.78. The Morgan fingerprint density at radius 3 is 2.44 bits per heavy atom. The topological polar surface area (TPSA) is 87.8 Å². The van der Waals surface area contributed by atoms with Crippen LogP contribution in [0.25, 0.3) is 33.3 Å². The summed E-state index contributed by atoms with van der Waals surface area (Å²) in [4.78, 5) is 34.5. The molecule has 0 saturated heterocycles. The second-order valence-electron chi connectivity index (χ2n) is 8.78. The number of aromatic nitrogens is 3. The SMILES string of the molecule is Cc1c(Oc2ncc(C(F)(F)F)c(C)c2-c2cc(=O)c3c(-c4cc[nH]c(=O)c4)cccc3[nH]2)ccc(F)c1F. The molecule has 0 spiro atoms. The largest absolute Gasteiger partial charge is 0.438 e. The van der Waals surface area contributed by atoms with Crippen molar-refractivity contribution >= 4 is 10.9 Å². The van der Waals surface area contributed by atoms with E-state index < -0.39 is 28.8 Å². The van der Waals surface area contributed by atoms with Crippen LogP contribution in [0.1, 0.15) is 16.7 Å². The summed E-state index contributed by atoms with van der Waals surface area (Å²) in [5.41, 5.74) is -1.53. The Balaban J connectivity index is 1.75. The minimum atomic E-state index is -4.77. The maximum atomic E-state index is 14.2. The molecule has 0 unspecified atom stereocenters. The summed E-state index contributed by atoms with van der Waals surface area (Å²) >= 11 is 0. The number of aromatic amines is 2. The first kappa shape index (κ1) is 25.8. The number of alkyl halides is 3. The number of halogens is 5. The molecule has 5 rings (SSSR count). The molecule has 0 aliphatic rings. The molecule has 0 radical (unpaired) electrons. The molecule has 6 nitrogen and oxygen atoms in total. The first-order chi connectivity index (χ1) is 18.5. The Morgan fingerprint density at radius 2 is 1.72 bits per heavy atom. The van der Waals surface area contributed by atoms with Gasteiger partial charge in [0.25, 0.3) is 0 Å². The van der Waals surface area contributed by atoms with Crippen LogP contribution in [0.4, 0.5) is 22.0 Å². The van der Waals surface area contributed by atoms with Crippen LogP contribution in [-0.2, 0) is 6.18 Å². The first-order valence-electron chi connectivity index (χ1n) is 11.5. The van der Waals surface area contributed by atoms with Gasteiger partial charge in [0, 0.05) is 30.1 Å². The Kier molecular flexibility index (Phi) is 6.29. The van der Waals surface area contributed by atoms with E-state index in [2.05, 4.69) is 15.0 Å². The number of hydrogen-bond donors (Lipinski definition) is 2. The van der Waals surface area contributed by atoms with Gasteiger partial charge in [0.1, 0.15) is 5.75 Å². The molecule has 3 heterocycles. The van der Waals surface area contributed by atoms with E-state index in [0.29, 0.717) is 17.3 Å². The molecule has 198 valence electrons. The number of H-pyrrole nitrogens is 2. The van der Waals surface area contributed by atoms with Gasteiger partial charge in [-0.25, -0.2) is 13.8 Å². The summed E-state index contributed by atoms with van der Waals surface area (Å²) in [7, 11) is 0. The molecule has 5 aromatic rings. The lowest BCUT2D eigenvalue weighted by molar-refractivity contribution is -0.138. The van der Waals surface area contributed by atoms with E-state index in [9.17, 15) is 31.5 Å². The van der Waals surface area contributed by atoms with Crippen LogP contribution in [0.3, 0.4) is 0 Å². The van der Waals surface area contributed by atoms with Gasteiger partial charge in [-0.1, -0.05) is 12.1 Å². The number of hydrogen-bond acceptors (Lipinski definition) is 4. The average Bonchev–Trinajstić information content (AvgIpc) is 2.88. The Labute approximate surface area is 216 Å². The van der Waals surface area contributed by atoms with Crippen LogP contribution < -0.4 is 15.7 Å². The zero-order valence-corrected chi connectivity index (χ0v) is 20.3. The molecule has 3 aromatic heterocycles. The van der Waals surface area contributed by atoms with Crippen LogP contribution in [0.5, 0.6) is 11.6 Å². The number of fused-ring (bicyclic) bond motifs is 1. The summed E-state index contributed by atoms with van der Waals surface area (Å²) in [6.45, 7) is 2.44. The molecule has 11 heteroatoms. The molecule has 39 heavy (non-hydrogen) atoms. The quantitative estimate of drug-likeness (QED) is 0.250. The van der Waals surface area contributed by atoms with Crippen molar-refractivity contribution in [3.63, 3.8) is 0 Å². The van der Waals surface area contributed by atoms with Gasteiger partial charge in [0.15, 0.2) is 17.1 Å². The Bertz CT molecular complexity index is 1880. The molecule has 0 fully saturated rings. The van der Waals surface area contributed by atoms with E-state index in [1.807, 2.05) is 0 Å². The van der Waals surface area contributed by atoms with E-state index in [-0.39, 0.29) is 50.5 Å². The molecular formula is C28H18F5N3O3.